The van der Waals surface area contributed by atoms with Crippen LogP contribution in [0.5, 0.6) is 0 Å². The molecule has 0 radical (unpaired) electrons. The first-order valence-electron chi connectivity index (χ1n) is 7.03. The number of aromatic nitrogens is 4. The van der Waals surface area contributed by atoms with E-state index in [1.165, 1.54) is 12.1 Å². The van der Waals surface area contributed by atoms with Gasteiger partial charge in [0.25, 0.3) is 0 Å². The smallest absolute Gasteiger partial charge is 0.220 e. The molecule has 0 atom stereocenters. The Hall–Kier alpha value is -3.28. The lowest BCUT2D eigenvalue weighted by Crippen LogP contribution is -1.95. The van der Waals surface area contributed by atoms with Gasteiger partial charge in [0.15, 0.2) is 0 Å². The lowest BCUT2D eigenvalue weighted by molar-refractivity contribution is 0.628. The predicted molar refractivity (Wildman–Crippen MR) is 86.9 cm³/mol. The van der Waals surface area contributed by atoms with Crippen molar-refractivity contribution in [3.05, 3.63) is 60.8 Å². The molecule has 0 aliphatic rings. The van der Waals surface area contributed by atoms with Crippen LogP contribution in [0.3, 0.4) is 0 Å². The van der Waals surface area contributed by atoms with Crippen LogP contribution >= 0.6 is 0 Å². The number of anilines is 1. The summed E-state index contributed by atoms with van der Waals surface area (Å²) in [6.07, 6.45) is 5.17. The molecule has 3 N–H and O–H groups in total. The van der Waals surface area contributed by atoms with Crippen molar-refractivity contribution in [3.8, 4) is 22.4 Å². The number of hydrogen-bond acceptors (Lipinski definition) is 4. The van der Waals surface area contributed by atoms with Crippen LogP contribution < -0.4 is 5.73 Å². The minimum absolute atomic E-state index is 0.212. The van der Waals surface area contributed by atoms with Crippen molar-refractivity contribution in [2.45, 2.75) is 0 Å². The largest absolute Gasteiger partial charge is 0.368 e. The molecule has 0 amide bonds. The number of benzene rings is 1. The van der Waals surface area contributed by atoms with Crippen molar-refractivity contribution in [1.29, 1.82) is 0 Å². The van der Waals surface area contributed by atoms with Crippen molar-refractivity contribution in [1.82, 2.24) is 19.9 Å². The van der Waals surface area contributed by atoms with Crippen LogP contribution in [-0.2, 0) is 0 Å². The van der Waals surface area contributed by atoms with E-state index in [4.69, 9.17) is 5.73 Å². The number of nitrogens with two attached hydrogens (primary N) is 1. The summed E-state index contributed by atoms with van der Waals surface area (Å²) in [4.78, 5) is 15.7. The highest BCUT2D eigenvalue weighted by molar-refractivity contribution is 6.03. The summed E-state index contributed by atoms with van der Waals surface area (Å²) in [5, 5.41) is 0.914. The Morgan fingerprint density at radius 1 is 0.913 bits per heavy atom. The normalized spacial score (nSPS) is 11.0. The average molecular weight is 305 g/mol. The molecule has 0 saturated carbocycles. The molecule has 4 aromatic rings. The van der Waals surface area contributed by atoms with Gasteiger partial charge in [0.1, 0.15) is 11.5 Å². The Kier molecular flexibility index (Phi) is 3.01. The standard InChI is InChI=1S/C17H12FN5/c18-11-3-1-10(2-4-11)12-5-7-20-16-15(12)13(9-22-16)14-6-8-21-17(19)23-14/h1-9H,(H,20,22)(H2,19,21,23). The summed E-state index contributed by atoms with van der Waals surface area (Å²) in [5.41, 5.74) is 9.86. The van der Waals surface area contributed by atoms with Crippen LogP contribution in [0.2, 0.25) is 0 Å². The molecule has 0 aliphatic carbocycles. The fourth-order valence-corrected chi connectivity index (χ4v) is 2.65. The number of halogens is 1. The summed E-state index contributed by atoms with van der Waals surface area (Å²) in [6, 6.07) is 10.1. The second-order valence-corrected chi connectivity index (χ2v) is 5.09. The molecule has 23 heavy (non-hydrogen) atoms. The van der Waals surface area contributed by atoms with Crippen molar-refractivity contribution < 1.29 is 4.39 Å². The number of nitrogens with zero attached hydrogens (tertiary/aromatic N) is 3. The van der Waals surface area contributed by atoms with E-state index >= 15 is 0 Å². The summed E-state index contributed by atoms with van der Waals surface area (Å²) >= 11 is 0. The van der Waals surface area contributed by atoms with Crippen LogP contribution in [-0.4, -0.2) is 19.9 Å². The average Bonchev–Trinajstić information content (AvgIpc) is 3.00. The summed E-state index contributed by atoms with van der Waals surface area (Å²) < 4.78 is 13.2. The number of aromatic amines is 1. The van der Waals surface area contributed by atoms with E-state index in [-0.39, 0.29) is 11.8 Å². The molecule has 0 bridgehead atoms. The minimum Gasteiger partial charge on any atom is -0.368 e. The molecule has 3 aromatic heterocycles. The predicted octanol–water partition coefficient (Wildman–Crippen LogP) is 3.41. The second kappa shape index (κ2) is 5.17. The maximum absolute atomic E-state index is 13.2. The summed E-state index contributed by atoms with van der Waals surface area (Å²) in [5.74, 6) is -0.0546. The zero-order valence-corrected chi connectivity index (χ0v) is 12.0. The molecule has 0 aliphatic heterocycles. The molecular weight excluding hydrogens is 293 g/mol. The Labute approximate surface area is 131 Å². The molecule has 4 rings (SSSR count). The van der Waals surface area contributed by atoms with Gasteiger partial charge in [-0.05, 0) is 35.4 Å². The van der Waals surface area contributed by atoms with E-state index in [0.717, 1.165) is 27.7 Å². The van der Waals surface area contributed by atoms with Gasteiger partial charge >= 0.3 is 0 Å². The maximum atomic E-state index is 13.2. The lowest BCUT2D eigenvalue weighted by atomic mass is 10.00. The van der Waals surface area contributed by atoms with Crippen molar-refractivity contribution in [2.24, 2.45) is 0 Å². The Balaban J connectivity index is 1.99. The monoisotopic (exact) mass is 305 g/mol. The third kappa shape index (κ3) is 2.30. The number of rotatable bonds is 2. The fraction of sp³-hybridized carbons (Fsp3) is 0. The molecule has 0 saturated heterocycles. The van der Waals surface area contributed by atoms with Gasteiger partial charge in [-0.2, -0.15) is 0 Å². The Morgan fingerprint density at radius 2 is 1.70 bits per heavy atom. The number of fused-ring (bicyclic) bond motifs is 1. The van der Waals surface area contributed by atoms with Crippen molar-refractivity contribution in [3.63, 3.8) is 0 Å². The highest BCUT2D eigenvalue weighted by Gasteiger charge is 2.14. The number of pyridine rings is 1. The maximum Gasteiger partial charge on any atom is 0.220 e. The van der Waals surface area contributed by atoms with E-state index < -0.39 is 0 Å². The van der Waals surface area contributed by atoms with Gasteiger partial charge in [-0.15, -0.1) is 0 Å². The first kappa shape index (κ1) is 13.4. The van der Waals surface area contributed by atoms with E-state index in [1.807, 2.05) is 12.3 Å². The molecule has 0 unspecified atom stereocenters. The van der Waals surface area contributed by atoms with E-state index in [0.29, 0.717) is 5.69 Å². The van der Waals surface area contributed by atoms with Crippen LogP contribution in [0.1, 0.15) is 0 Å². The molecule has 3 heterocycles. The third-order valence-electron chi connectivity index (χ3n) is 3.68. The Bertz CT molecular complexity index is 991. The van der Waals surface area contributed by atoms with Crippen LogP contribution in [0.4, 0.5) is 10.3 Å². The third-order valence-corrected chi connectivity index (χ3v) is 3.68. The van der Waals surface area contributed by atoms with Gasteiger partial charge in [-0.1, -0.05) is 12.1 Å². The van der Waals surface area contributed by atoms with Crippen molar-refractivity contribution in [2.75, 3.05) is 5.73 Å². The van der Waals surface area contributed by atoms with E-state index in [9.17, 15) is 4.39 Å². The molecular formula is C17H12FN5. The number of hydrogen-bond donors (Lipinski definition) is 2. The van der Waals surface area contributed by atoms with Crippen LogP contribution in [0.25, 0.3) is 33.4 Å². The zero-order chi connectivity index (χ0) is 15.8. The van der Waals surface area contributed by atoms with E-state index in [1.54, 1.807) is 30.6 Å². The Morgan fingerprint density at radius 3 is 2.48 bits per heavy atom. The van der Waals surface area contributed by atoms with Gasteiger partial charge in [-0.3, -0.25) is 0 Å². The zero-order valence-electron chi connectivity index (χ0n) is 12.0. The summed E-state index contributed by atoms with van der Waals surface area (Å²) in [7, 11) is 0. The fourth-order valence-electron chi connectivity index (χ4n) is 2.65. The van der Waals surface area contributed by atoms with E-state index in [2.05, 4.69) is 19.9 Å². The van der Waals surface area contributed by atoms with Gasteiger partial charge < -0.3 is 10.7 Å². The molecule has 112 valence electrons. The van der Waals surface area contributed by atoms with Gasteiger partial charge in [0, 0.05) is 29.5 Å². The topological polar surface area (TPSA) is 80.5 Å². The summed E-state index contributed by atoms with van der Waals surface area (Å²) in [6.45, 7) is 0. The molecule has 0 fully saturated rings. The van der Waals surface area contributed by atoms with Gasteiger partial charge in [0.05, 0.1) is 5.69 Å². The quantitative estimate of drug-likeness (QED) is 0.594. The first-order valence-corrected chi connectivity index (χ1v) is 7.03. The van der Waals surface area contributed by atoms with Gasteiger partial charge in [0.2, 0.25) is 5.95 Å². The van der Waals surface area contributed by atoms with Gasteiger partial charge in [-0.25, -0.2) is 19.3 Å². The second-order valence-electron chi connectivity index (χ2n) is 5.09. The first-order chi connectivity index (χ1) is 11.2. The molecule has 0 spiro atoms. The highest BCUT2D eigenvalue weighted by atomic mass is 19.1. The molecule has 1 aromatic carbocycles. The van der Waals surface area contributed by atoms with Crippen LogP contribution in [0, 0.1) is 5.82 Å². The minimum atomic E-state index is -0.267. The SMILES string of the molecule is Nc1nccc(-c2c[nH]c3nccc(-c4ccc(F)cc4)c23)n1. The van der Waals surface area contributed by atoms with Crippen molar-refractivity contribution >= 4 is 17.0 Å². The number of nitrogens with one attached hydrogen (secondary N) is 1. The number of H-pyrrole nitrogens is 1. The van der Waals surface area contributed by atoms with Crippen LogP contribution in [0.15, 0.2) is 55.0 Å². The number of nitrogen functional groups attached to an aromatic ring is 1. The lowest BCUT2D eigenvalue weighted by Gasteiger charge is -2.06. The molecule has 6 heteroatoms. The highest BCUT2D eigenvalue weighted by Crippen LogP contribution is 2.34. The molecule has 5 nitrogen and oxygen atoms in total.